The minimum atomic E-state index is -0.451. The number of hydrogen-bond donors (Lipinski definition) is 2. The summed E-state index contributed by atoms with van der Waals surface area (Å²) in [5, 5.41) is 19.5. The first-order valence-corrected chi connectivity index (χ1v) is 8.61. The van der Waals surface area contributed by atoms with Gasteiger partial charge in [-0.1, -0.05) is 18.5 Å². The van der Waals surface area contributed by atoms with E-state index in [4.69, 9.17) is 11.6 Å². The molecular formula is C16H21ClN6O. The first kappa shape index (κ1) is 16.9. The van der Waals surface area contributed by atoms with Gasteiger partial charge in [-0.05, 0) is 61.8 Å². The number of carbonyl (C=O) groups excluding carboxylic acids is 1. The van der Waals surface area contributed by atoms with Gasteiger partial charge in [0.05, 0.1) is 0 Å². The van der Waals surface area contributed by atoms with Crippen molar-refractivity contribution in [1.29, 1.82) is 0 Å². The Morgan fingerprint density at radius 3 is 2.75 bits per heavy atom. The molecule has 1 aromatic carbocycles. The minimum absolute atomic E-state index is 0.0514. The highest BCUT2D eigenvalue weighted by Crippen LogP contribution is 2.18. The predicted octanol–water partition coefficient (Wildman–Crippen LogP) is 1.81. The number of nitrogens with zero attached hydrogens (tertiary/aromatic N) is 4. The third-order valence-electron chi connectivity index (χ3n) is 4.18. The Bertz CT molecular complexity index is 680. The maximum Gasteiger partial charge on any atom is 0.247 e. The molecule has 1 fully saturated rings. The molecule has 1 aliphatic heterocycles. The maximum absolute atomic E-state index is 12.6. The van der Waals surface area contributed by atoms with Gasteiger partial charge in [0.15, 0.2) is 6.04 Å². The molecule has 128 valence electrons. The van der Waals surface area contributed by atoms with Crippen LogP contribution in [0.25, 0.3) is 11.4 Å². The van der Waals surface area contributed by atoms with Crippen molar-refractivity contribution in [3.63, 3.8) is 0 Å². The molecule has 1 aliphatic rings. The summed E-state index contributed by atoms with van der Waals surface area (Å²) >= 11 is 5.89. The number of tetrazole rings is 1. The third kappa shape index (κ3) is 3.91. The quantitative estimate of drug-likeness (QED) is 0.860. The van der Waals surface area contributed by atoms with Gasteiger partial charge in [0.1, 0.15) is 0 Å². The van der Waals surface area contributed by atoms with Gasteiger partial charge >= 0.3 is 0 Å². The van der Waals surface area contributed by atoms with Gasteiger partial charge in [0.25, 0.3) is 0 Å². The van der Waals surface area contributed by atoms with Crippen molar-refractivity contribution in [1.82, 2.24) is 30.8 Å². The molecule has 1 amide bonds. The lowest BCUT2D eigenvalue weighted by Gasteiger charge is -2.25. The summed E-state index contributed by atoms with van der Waals surface area (Å²) < 4.78 is 0. The number of benzene rings is 1. The highest BCUT2D eigenvalue weighted by molar-refractivity contribution is 6.30. The summed E-state index contributed by atoms with van der Waals surface area (Å²) in [5.41, 5.74) is 0.819. The zero-order valence-electron chi connectivity index (χ0n) is 13.6. The van der Waals surface area contributed by atoms with E-state index in [0.717, 1.165) is 31.5 Å². The van der Waals surface area contributed by atoms with Crippen LogP contribution in [0.15, 0.2) is 24.3 Å². The van der Waals surface area contributed by atoms with Gasteiger partial charge in [-0.3, -0.25) is 4.79 Å². The monoisotopic (exact) mass is 348 g/mol. The first-order valence-electron chi connectivity index (χ1n) is 8.24. The Balaban J connectivity index is 1.71. The lowest BCUT2D eigenvalue weighted by Crippen LogP contribution is -2.45. The van der Waals surface area contributed by atoms with Gasteiger partial charge < -0.3 is 10.6 Å². The molecule has 0 bridgehead atoms. The van der Waals surface area contributed by atoms with Crippen molar-refractivity contribution < 1.29 is 4.79 Å². The van der Waals surface area contributed by atoms with Crippen LogP contribution in [0.1, 0.15) is 32.2 Å². The van der Waals surface area contributed by atoms with Crippen LogP contribution in [0.2, 0.25) is 5.02 Å². The van der Waals surface area contributed by atoms with Gasteiger partial charge in [0, 0.05) is 16.6 Å². The molecule has 1 saturated heterocycles. The van der Waals surface area contributed by atoms with Crippen molar-refractivity contribution >= 4 is 17.5 Å². The second-order valence-corrected chi connectivity index (χ2v) is 6.33. The molecule has 1 unspecified atom stereocenters. The number of hydrogen-bond acceptors (Lipinski definition) is 5. The molecule has 3 rings (SSSR count). The first-order chi connectivity index (χ1) is 11.7. The lowest BCUT2D eigenvalue weighted by molar-refractivity contribution is -0.126. The lowest BCUT2D eigenvalue weighted by atomic mass is 10.1. The Hall–Kier alpha value is -1.99. The van der Waals surface area contributed by atoms with Crippen LogP contribution >= 0.6 is 11.6 Å². The molecule has 7 nitrogen and oxygen atoms in total. The molecule has 8 heteroatoms. The molecule has 24 heavy (non-hydrogen) atoms. The van der Waals surface area contributed by atoms with Crippen molar-refractivity contribution in [3.8, 4) is 11.4 Å². The number of rotatable bonds is 5. The van der Waals surface area contributed by atoms with Crippen LogP contribution < -0.4 is 10.6 Å². The highest BCUT2D eigenvalue weighted by Gasteiger charge is 2.25. The smallest absolute Gasteiger partial charge is 0.247 e. The zero-order valence-corrected chi connectivity index (χ0v) is 14.3. The van der Waals surface area contributed by atoms with E-state index in [1.54, 1.807) is 12.1 Å². The highest BCUT2D eigenvalue weighted by atomic mass is 35.5. The SMILES string of the molecule is CCC(C(=O)NC1CCNCC1)n1nnc(-c2ccc(Cl)cc2)n1. The second-order valence-electron chi connectivity index (χ2n) is 5.90. The van der Waals surface area contributed by atoms with E-state index in [1.165, 1.54) is 4.80 Å². The van der Waals surface area contributed by atoms with Crippen LogP contribution in [-0.4, -0.2) is 45.2 Å². The fourth-order valence-electron chi connectivity index (χ4n) is 2.79. The van der Waals surface area contributed by atoms with Crippen molar-refractivity contribution in [2.75, 3.05) is 13.1 Å². The summed E-state index contributed by atoms with van der Waals surface area (Å²) in [6.45, 7) is 3.81. The molecule has 0 aliphatic carbocycles. The van der Waals surface area contributed by atoms with E-state index in [2.05, 4.69) is 26.0 Å². The number of nitrogens with one attached hydrogen (secondary N) is 2. The third-order valence-corrected chi connectivity index (χ3v) is 4.44. The van der Waals surface area contributed by atoms with Crippen LogP contribution in [0.5, 0.6) is 0 Å². The fourth-order valence-corrected chi connectivity index (χ4v) is 2.91. The molecule has 2 heterocycles. The second kappa shape index (κ2) is 7.72. The number of piperidine rings is 1. The largest absolute Gasteiger partial charge is 0.351 e. The molecule has 0 radical (unpaired) electrons. The minimum Gasteiger partial charge on any atom is -0.351 e. The van der Waals surface area contributed by atoms with Gasteiger partial charge in [-0.15, -0.1) is 10.2 Å². The molecule has 2 N–H and O–H groups in total. The summed E-state index contributed by atoms with van der Waals surface area (Å²) in [5.74, 6) is 0.434. The fraction of sp³-hybridized carbons (Fsp3) is 0.500. The number of aromatic nitrogens is 4. The Kier molecular flexibility index (Phi) is 5.42. The van der Waals surface area contributed by atoms with E-state index in [9.17, 15) is 4.79 Å². The van der Waals surface area contributed by atoms with E-state index in [-0.39, 0.29) is 11.9 Å². The Morgan fingerprint density at radius 2 is 2.08 bits per heavy atom. The van der Waals surface area contributed by atoms with Crippen LogP contribution in [0.4, 0.5) is 0 Å². The summed E-state index contributed by atoms with van der Waals surface area (Å²) in [6, 6.07) is 6.98. The Morgan fingerprint density at radius 1 is 1.38 bits per heavy atom. The topological polar surface area (TPSA) is 84.7 Å². The molecular weight excluding hydrogens is 328 g/mol. The number of halogens is 1. The van der Waals surface area contributed by atoms with E-state index in [1.807, 2.05) is 19.1 Å². The van der Waals surface area contributed by atoms with E-state index < -0.39 is 6.04 Å². The standard InChI is InChI=1S/C16H21ClN6O/c1-2-14(16(24)19-13-7-9-18-10-8-13)23-21-15(20-22-23)11-3-5-12(17)6-4-11/h3-6,13-14,18H,2,7-10H2,1H3,(H,19,24). The number of carbonyl (C=O) groups is 1. The van der Waals surface area contributed by atoms with E-state index >= 15 is 0 Å². The van der Waals surface area contributed by atoms with Gasteiger partial charge in [-0.25, -0.2) is 0 Å². The molecule has 1 aromatic heterocycles. The Labute approximate surface area is 145 Å². The number of amides is 1. The van der Waals surface area contributed by atoms with E-state index in [0.29, 0.717) is 17.3 Å². The van der Waals surface area contributed by atoms with Crippen LogP contribution in [-0.2, 0) is 4.79 Å². The average Bonchev–Trinajstić information content (AvgIpc) is 3.07. The molecule has 0 spiro atoms. The van der Waals surface area contributed by atoms with Crippen molar-refractivity contribution in [3.05, 3.63) is 29.3 Å². The van der Waals surface area contributed by atoms with Crippen LogP contribution in [0, 0.1) is 0 Å². The summed E-state index contributed by atoms with van der Waals surface area (Å²) in [4.78, 5) is 14.0. The molecule has 0 saturated carbocycles. The normalized spacial score (nSPS) is 16.8. The summed E-state index contributed by atoms with van der Waals surface area (Å²) in [6.07, 6.45) is 2.50. The average molecular weight is 349 g/mol. The molecule has 1 atom stereocenters. The maximum atomic E-state index is 12.6. The van der Waals surface area contributed by atoms with Crippen molar-refractivity contribution in [2.24, 2.45) is 0 Å². The predicted molar refractivity (Wildman–Crippen MR) is 91.6 cm³/mol. The van der Waals surface area contributed by atoms with Crippen LogP contribution in [0.3, 0.4) is 0 Å². The van der Waals surface area contributed by atoms with Gasteiger partial charge in [0.2, 0.25) is 11.7 Å². The van der Waals surface area contributed by atoms with Crippen molar-refractivity contribution in [2.45, 2.75) is 38.3 Å². The van der Waals surface area contributed by atoms with Gasteiger partial charge in [-0.2, -0.15) is 4.80 Å². The summed E-state index contributed by atoms with van der Waals surface area (Å²) in [7, 11) is 0. The zero-order chi connectivity index (χ0) is 16.9. The molecule has 2 aromatic rings.